The fourth-order valence-electron chi connectivity index (χ4n) is 2.40. The number of hydrogen-bond acceptors (Lipinski definition) is 1. The van der Waals surface area contributed by atoms with Crippen LogP contribution in [-0.2, 0) is 13.5 Å². The molecular weight excluding hydrogens is 276 g/mol. The summed E-state index contributed by atoms with van der Waals surface area (Å²) in [5.74, 6) is 0. The zero-order chi connectivity index (χ0) is 11.8. The third kappa shape index (κ3) is 2.26. The van der Waals surface area contributed by atoms with Crippen molar-refractivity contribution in [3.8, 4) is 0 Å². The molecule has 0 spiro atoms. The summed E-state index contributed by atoms with van der Waals surface area (Å²) in [7, 11) is 2.12. The minimum atomic E-state index is 0.803. The van der Waals surface area contributed by atoms with Gasteiger partial charge in [0.25, 0.3) is 0 Å². The first-order valence-electron chi connectivity index (χ1n) is 6.21. The van der Waals surface area contributed by atoms with E-state index in [1.54, 1.807) is 0 Å². The van der Waals surface area contributed by atoms with Gasteiger partial charge >= 0.3 is 0 Å². The summed E-state index contributed by atoms with van der Waals surface area (Å²) in [5, 5.41) is 4.95. The lowest BCUT2D eigenvalue weighted by atomic mass is 10.1. The molecule has 1 saturated carbocycles. The Morgan fingerprint density at radius 3 is 3.00 bits per heavy atom. The molecule has 1 fully saturated rings. The summed E-state index contributed by atoms with van der Waals surface area (Å²) in [4.78, 5) is 0. The van der Waals surface area contributed by atoms with Crippen molar-refractivity contribution in [2.24, 2.45) is 7.05 Å². The lowest BCUT2D eigenvalue weighted by Gasteiger charge is -2.01. The largest absolute Gasteiger partial charge is 0.349 e. The second-order valence-corrected chi connectivity index (χ2v) is 5.73. The van der Waals surface area contributed by atoms with E-state index < -0.39 is 0 Å². The molecule has 1 aliphatic carbocycles. The molecule has 0 aliphatic heterocycles. The molecule has 0 atom stereocenters. The van der Waals surface area contributed by atoms with Crippen LogP contribution in [0.25, 0.3) is 10.9 Å². The first kappa shape index (κ1) is 11.3. The number of nitrogens with one attached hydrogen (secondary N) is 1. The van der Waals surface area contributed by atoms with Crippen LogP contribution in [0.5, 0.6) is 0 Å². The molecule has 1 aromatic heterocycles. The van der Waals surface area contributed by atoms with E-state index in [1.807, 2.05) is 0 Å². The predicted octanol–water partition coefficient (Wildman–Crippen LogP) is 3.24. The molecule has 90 valence electrons. The average Bonchev–Trinajstić information content (AvgIpc) is 3.05. The highest BCUT2D eigenvalue weighted by atomic mass is 79.9. The Balaban J connectivity index is 1.85. The van der Waals surface area contributed by atoms with E-state index >= 15 is 0 Å². The molecule has 17 heavy (non-hydrogen) atoms. The third-order valence-corrected chi connectivity index (χ3v) is 4.08. The Morgan fingerprint density at radius 1 is 1.41 bits per heavy atom. The summed E-state index contributed by atoms with van der Waals surface area (Å²) in [6, 6.07) is 7.24. The van der Waals surface area contributed by atoms with Gasteiger partial charge < -0.3 is 9.88 Å². The highest BCUT2D eigenvalue weighted by Crippen LogP contribution is 2.28. The molecule has 2 aromatic rings. The van der Waals surface area contributed by atoms with Crippen molar-refractivity contribution in [3.05, 3.63) is 34.4 Å². The van der Waals surface area contributed by atoms with E-state index in [1.165, 1.54) is 33.8 Å². The molecule has 1 N–H and O–H groups in total. The normalized spacial score (nSPS) is 15.6. The number of para-hydroxylation sites is 1. The van der Waals surface area contributed by atoms with Gasteiger partial charge in [-0.05, 0) is 53.4 Å². The van der Waals surface area contributed by atoms with Crippen LogP contribution < -0.4 is 5.32 Å². The predicted molar refractivity (Wildman–Crippen MR) is 75.3 cm³/mol. The molecule has 3 rings (SSSR count). The molecule has 1 aliphatic rings. The molecule has 3 heteroatoms. The van der Waals surface area contributed by atoms with Crippen molar-refractivity contribution in [1.29, 1.82) is 0 Å². The van der Waals surface area contributed by atoms with Crippen molar-refractivity contribution in [3.63, 3.8) is 0 Å². The van der Waals surface area contributed by atoms with Crippen molar-refractivity contribution in [2.45, 2.75) is 25.3 Å². The van der Waals surface area contributed by atoms with Gasteiger partial charge in [0.1, 0.15) is 0 Å². The Kier molecular flexibility index (Phi) is 2.97. The molecule has 2 nitrogen and oxygen atoms in total. The van der Waals surface area contributed by atoms with Crippen molar-refractivity contribution in [2.75, 3.05) is 6.54 Å². The summed E-state index contributed by atoms with van der Waals surface area (Å²) < 4.78 is 3.39. The monoisotopic (exact) mass is 292 g/mol. The number of benzene rings is 1. The number of halogens is 1. The molecule has 1 aromatic carbocycles. The summed E-state index contributed by atoms with van der Waals surface area (Å²) in [6.07, 6.45) is 6.09. The molecular formula is C14H17BrN2. The molecule has 0 amide bonds. The second kappa shape index (κ2) is 4.46. The molecule has 0 saturated heterocycles. The van der Waals surface area contributed by atoms with Crippen molar-refractivity contribution in [1.82, 2.24) is 9.88 Å². The minimum absolute atomic E-state index is 0.803. The topological polar surface area (TPSA) is 17.0 Å². The van der Waals surface area contributed by atoms with Gasteiger partial charge in [0.05, 0.1) is 5.52 Å². The molecule has 0 radical (unpaired) electrons. The Hall–Kier alpha value is -0.800. The average molecular weight is 293 g/mol. The Morgan fingerprint density at radius 2 is 2.24 bits per heavy atom. The molecule has 1 heterocycles. The number of aromatic nitrogens is 1. The van der Waals surface area contributed by atoms with Crippen LogP contribution >= 0.6 is 15.9 Å². The minimum Gasteiger partial charge on any atom is -0.349 e. The second-order valence-electron chi connectivity index (χ2n) is 4.88. The first-order chi connectivity index (χ1) is 8.25. The van der Waals surface area contributed by atoms with Gasteiger partial charge in [0.15, 0.2) is 0 Å². The van der Waals surface area contributed by atoms with Crippen LogP contribution in [0.3, 0.4) is 0 Å². The van der Waals surface area contributed by atoms with Gasteiger partial charge in [-0.1, -0.05) is 12.1 Å². The van der Waals surface area contributed by atoms with Gasteiger partial charge in [-0.25, -0.2) is 0 Å². The van der Waals surface area contributed by atoms with Gasteiger partial charge in [-0.2, -0.15) is 0 Å². The van der Waals surface area contributed by atoms with Gasteiger partial charge in [0.2, 0.25) is 0 Å². The summed E-state index contributed by atoms with van der Waals surface area (Å²) in [5.41, 5.74) is 2.74. The van der Waals surface area contributed by atoms with Crippen molar-refractivity contribution >= 4 is 26.8 Å². The van der Waals surface area contributed by atoms with E-state index in [0.717, 1.165) is 19.0 Å². The summed E-state index contributed by atoms with van der Waals surface area (Å²) in [6.45, 7) is 1.09. The smallest absolute Gasteiger partial charge is 0.0624 e. The van der Waals surface area contributed by atoms with Crippen LogP contribution in [0.1, 0.15) is 18.4 Å². The van der Waals surface area contributed by atoms with Crippen molar-refractivity contribution < 1.29 is 0 Å². The fraction of sp³-hybridized carbons (Fsp3) is 0.429. The molecule has 0 bridgehead atoms. The maximum absolute atomic E-state index is 3.63. The van der Waals surface area contributed by atoms with E-state index in [9.17, 15) is 0 Å². The number of rotatable bonds is 4. The number of nitrogens with zero attached hydrogens (tertiary/aromatic N) is 1. The highest BCUT2D eigenvalue weighted by molar-refractivity contribution is 9.10. The quantitative estimate of drug-likeness (QED) is 0.915. The lowest BCUT2D eigenvalue weighted by molar-refractivity contribution is 0.682. The van der Waals surface area contributed by atoms with Crippen LogP contribution in [0.15, 0.2) is 28.9 Å². The maximum atomic E-state index is 3.63. The number of hydrogen-bond donors (Lipinski definition) is 1. The fourth-order valence-corrected chi connectivity index (χ4v) is 3.04. The van der Waals surface area contributed by atoms with Crippen LogP contribution in [0.2, 0.25) is 0 Å². The number of fused-ring (bicyclic) bond motifs is 1. The zero-order valence-electron chi connectivity index (χ0n) is 10.0. The SMILES string of the molecule is Cn1cc(CCNC2CC2)c2cccc(Br)c21. The van der Waals surface area contributed by atoms with Crippen LogP contribution in [0, 0.1) is 0 Å². The van der Waals surface area contributed by atoms with Gasteiger partial charge in [0, 0.05) is 29.1 Å². The van der Waals surface area contributed by atoms with E-state index in [0.29, 0.717) is 0 Å². The van der Waals surface area contributed by atoms with E-state index in [4.69, 9.17) is 0 Å². The maximum Gasteiger partial charge on any atom is 0.0624 e. The highest BCUT2D eigenvalue weighted by Gasteiger charge is 2.20. The lowest BCUT2D eigenvalue weighted by Crippen LogP contribution is -2.19. The Labute approximate surface area is 110 Å². The zero-order valence-corrected chi connectivity index (χ0v) is 11.6. The van der Waals surface area contributed by atoms with E-state index in [2.05, 4.69) is 57.3 Å². The number of aryl methyl sites for hydroxylation is 1. The Bertz CT molecular complexity index is 540. The third-order valence-electron chi connectivity index (χ3n) is 3.44. The first-order valence-corrected chi connectivity index (χ1v) is 7.01. The van der Waals surface area contributed by atoms with Crippen LogP contribution in [0.4, 0.5) is 0 Å². The molecule has 0 unspecified atom stereocenters. The van der Waals surface area contributed by atoms with Gasteiger partial charge in [-0.15, -0.1) is 0 Å². The summed E-state index contributed by atoms with van der Waals surface area (Å²) >= 11 is 3.63. The van der Waals surface area contributed by atoms with E-state index in [-0.39, 0.29) is 0 Å². The van der Waals surface area contributed by atoms with Crippen LogP contribution in [-0.4, -0.2) is 17.2 Å². The standard InChI is InChI=1S/C14H17BrN2/c1-17-9-10(7-8-16-11-5-6-11)12-3-2-4-13(15)14(12)17/h2-4,9,11,16H,5-8H2,1H3. The van der Waals surface area contributed by atoms with Gasteiger partial charge in [-0.3, -0.25) is 0 Å².